The van der Waals surface area contributed by atoms with Crippen molar-refractivity contribution < 1.29 is 22.4 Å². The number of amides is 1. The highest BCUT2D eigenvalue weighted by Gasteiger charge is 2.42. The van der Waals surface area contributed by atoms with Crippen LogP contribution in [0.2, 0.25) is 0 Å². The Morgan fingerprint density at radius 1 is 1.26 bits per heavy atom. The van der Waals surface area contributed by atoms with Crippen LogP contribution in [0.5, 0.6) is 0 Å². The van der Waals surface area contributed by atoms with Gasteiger partial charge in [-0.25, -0.2) is 17.8 Å². The van der Waals surface area contributed by atoms with Crippen molar-refractivity contribution in [1.29, 1.82) is 0 Å². The molecule has 11 heteroatoms. The predicted octanol–water partition coefficient (Wildman–Crippen LogP) is 1.17. The number of benzene rings is 1. The zero-order valence-corrected chi connectivity index (χ0v) is 17.6. The number of carbonyl (C=O) groups is 1. The maximum Gasteiger partial charge on any atom is 0.269 e. The average molecular weight is 450 g/mol. The highest BCUT2D eigenvalue weighted by Crippen LogP contribution is 2.33. The third kappa shape index (κ3) is 4.78. The Kier molecular flexibility index (Phi) is 6.08. The molecule has 2 aromatic rings. The molecule has 9 nitrogen and oxygen atoms in total. The van der Waals surface area contributed by atoms with E-state index >= 15 is 0 Å². The largest absolute Gasteiger partial charge is 0.351 e. The van der Waals surface area contributed by atoms with Gasteiger partial charge in [0.15, 0.2) is 0 Å². The van der Waals surface area contributed by atoms with Gasteiger partial charge in [-0.3, -0.25) is 15.1 Å². The van der Waals surface area contributed by atoms with Crippen molar-refractivity contribution in [2.45, 2.75) is 36.3 Å². The van der Waals surface area contributed by atoms with E-state index in [1.54, 1.807) is 18.6 Å². The molecule has 1 aromatic carbocycles. The van der Waals surface area contributed by atoms with Crippen molar-refractivity contribution in [3.8, 4) is 0 Å². The fraction of sp³-hybridized carbons (Fsp3) is 0.400. The van der Waals surface area contributed by atoms with Crippen LogP contribution in [0.15, 0.2) is 59.7 Å². The number of nitrogens with one attached hydrogen (secondary N) is 2. The number of rotatable bonds is 7. The molecule has 0 bridgehead atoms. The summed E-state index contributed by atoms with van der Waals surface area (Å²) in [6.07, 6.45) is 8.60. The lowest BCUT2D eigenvalue weighted by molar-refractivity contribution is -0.120. The number of hydroxylamine groups is 1. The van der Waals surface area contributed by atoms with E-state index in [0.29, 0.717) is 25.1 Å². The first-order chi connectivity index (χ1) is 14.9. The fourth-order valence-electron chi connectivity index (χ4n) is 3.68. The topological polar surface area (TPSA) is 106 Å². The molecular formula is C20H24FN5O4S. The number of imidazole rings is 1. The first-order valence-corrected chi connectivity index (χ1v) is 11.5. The summed E-state index contributed by atoms with van der Waals surface area (Å²) in [4.78, 5) is 22.1. The second kappa shape index (κ2) is 8.77. The second-order valence-corrected chi connectivity index (χ2v) is 9.53. The van der Waals surface area contributed by atoms with Crippen LogP contribution in [-0.2, 0) is 26.2 Å². The maximum absolute atomic E-state index is 13.1. The van der Waals surface area contributed by atoms with Crippen LogP contribution in [0, 0.1) is 5.82 Å². The standard InChI is InChI=1S/C20H24FN5O4S/c21-16-2-4-17(5-3-16)31(28,29)26-11-6-20(7-12-26)14-18(24-30-20)19(27)23-8-1-10-25-13-9-22-15-25/h2-5,9,13-15,24H,1,6-8,10-12H2,(H,23,27). The minimum atomic E-state index is -3.70. The van der Waals surface area contributed by atoms with Gasteiger partial charge in [0.25, 0.3) is 5.91 Å². The Balaban J connectivity index is 1.30. The van der Waals surface area contributed by atoms with Gasteiger partial charge in [-0.15, -0.1) is 0 Å². The first-order valence-electron chi connectivity index (χ1n) is 10.0. The lowest BCUT2D eigenvalue weighted by atomic mass is 9.92. The third-order valence-corrected chi connectivity index (χ3v) is 7.39. The van der Waals surface area contributed by atoms with Gasteiger partial charge in [-0.1, -0.05) is 0 Å². The molecule has 2 aliphatic rings. The molecule has 0 saturated carbocycles. The van der Waals surface area contributed by atoms with Crippen LogP contribution >= 0.6 is 0 Å². The lowest BCUT2D eigenvalue weighted by Crippen LogP contribution is -2.46. The van der Waals surface area contributed by atoms with Crippen LogP contribution in [0.1, 0.15) is 19.3 Å². The Hall–Kier alpha value is -2.76. The van der Waals surface area contributed by atoms with Crippen molar-refractivity contribution in [1.82, 2.24) is 24.7 Å². The molecule has 31 heavy (non-hydrogen) atoms. The van der Waals surface area contributed by atoms with Gasteiger partial charge >= 0.3 is 0 Å². The molecule has 1 aromatic heterocycles. The minimum absolute atomic E-state index is 0.0571. The minimum Gasteiger partial charge on any atom is -0.351 e. The molecule has 1 spiro atoms. The van der Waals surface area contributed by atoms with Gasteiger partial charge in [-0.2, -0.15) is 4.31 Å². The molecule has 4 rings (SSSR count). The summed E-state index contributed by atoms with van der Waals surface area (Å²) in [6, 6.07) is 4.78. The molecule has 1 fully saturated rings. The quantitative estimate of drug-likeness (QED) is 0.615. The summed E-state index contributed by atoms with van der Waals surface area (Å²) < 4.78 is 41.9. The Labute approximate surface area is 179 Å². The smallest absolute Gasteiger partial charge is 0.269 e. The van der Waals surface area contributed by atoms with Crippen molar-refractivity contribution in [2.75, 3.05) is 19.6 Å². The number of halogens is 1. The van der Waals surface area contributed by atoms with E-state index in [2.05, 4.69) is 15.8 Å². The zero-order valence-electron chi connectivity index (χ0n) is 16.8. The third-order valence-electron chi connectivity index (χ3n) is 5.47. The van der Waals surface area contributed by atoms with E-state index in [1.165, 1.54) is 16.4 Å². The molecular weight excluding hydrogens is 425 g/mol. The highest BCUT2D eigenvalue weighted by molar-refractivity contribution is 7.89. The van der Waals surface area contributed by atoms with E-state index in [9.17, 15) is 17.6 Å². The van der Waals surface area contributed by atoms with Gasteiger partial charge < -0.3 is 9.88 Å². The van der Waals surface area contributed by atoms with Crippen LogP contribution in [-0.4, -0.2) is 53.4 Å². The summed E-state index contributed by atoms with van der Waals surface area (Å²) in [6.45, 7) is 1.73. The molecule has 166 valence electrons. The normalized spacial score (nSPS) is 18.5. The van der Waals surface area contributed by atoms with Crippen molar-refractivity contribution in [3.05, 3.63) is 60.6 Å². The summed E-state index contributed by atoms with van der Waals surface area (Å²) in [5.74, 6) is -0.747. The summed E-state index contributed by atoms with van der Waals surface area (Å²) >= 11 is 0. The van der Waals surface area contributed by atoms with Crippen molar-refractivity contribution >= 4 is 15.9 Å². The Morgan fingerprint density at radius 2 is 2.00 bits per heavy atom. The van der Waals surface area contributed by atoms with E-state index in [1.807, 2.05) is 10.8 Å². The SMILES string of the molecule is O=C(NCCCn1ccnc1)C1=CC2(CCN(S(=O)(=O)c3ccc(F)cc3)CC2)ON1. The first kappa shape index (κ1) is 21.5. The molecule has 2 aliphatic heterocycles. The molecule has 0 aliphatic carbocycles. The van der Waals surface area contributed by atoms with E-state index in [0.717, 1.165) is 25.1 Å². The lowest BCUT2D eigenvalue weighted by Gasteiger charge is -2.35. The van der Waals surface area contributed by atoms with Gasteiger partial charge in [0.05, 0.1) is 11.2 Å². The molecule has 0 unspecified atom stereocenters. The van der Waals surface area contributed by atoms with Crippen molar-refractivity contribution in [2.24, 2.45) is 0 Å². The van der Waals surface area contributed by atoms with E-state index in [4.69, 9.17) is 4.84 Å². The summed E-state index contributed by atoms with van der Waals surface area (Å²) in [5, 5.41) is 2.85. The molecule has 1 saturated heterocycles. The molecule has 2 N–H and O–H groups in total. The number of aryl methyl sites for hydroxylation is 1. The number of nitrogens with zero attached hydrogens (tertiary/aromatic N) is 3. The van der Waals surface area contributed by atoms with Gasteiger partial charge in [0, 0.05) is 38.6 Å². The maximum atomic E-state index is 13.1. The number of hydrogen-bond donors (Lipinski definition) is 2. The highest BCUT2D eigenvalue weighted by atomic mass is 32.2. The Bertz CT molecular complexity index is 1050. The second-order valence-electron chi connectivity index (χ2n) is 7.59. The monoisotopic (exact) mass is 449 g/mol. The Morgan fingerprint density at radius 3 is 2.68 bits per heavy atom. The fourth-order valence-corrected chi connectivity index (χ4v) is 5.12. The van der Waals surface area contributed by atoms with Crippen LogP contribution in [0.4, 0.5) is 4.39 Å². The number of carbonyl (C=O) groups excluding carboxylic acids is 1. The van der Waals surface area contributed by atoms with Crippen LogP contribution in [0.3, 0.4) is 0 Å². The summed E-state index contributed by atoms with van der Waals surface area (Å²) in [5.41, 5.74) is 2.29. The van der Waals surface area contributed by atoms with Gasteiger partial charge in [0.1, 0.15) is 17.1 Å². The van der Waals surface area contributed by atoms with Crippen LogP contribution in [0.25, 0.3) is 0 Å². The predicted molar refractivity (Wildman–Crippen MR) is 109 cm³/mol. The molecule has 3 heterocycles. The number of piperidine rings is 1. The van der Waals surface area contributed by atoms with Crippen LogP contribution < -0.4 is 10.8 Å². The van der Waals surface area contributed by atoms with Crippen molar-refractivity contribution in [3.63, 3.8) is 0 Å². The average Bonchev–Trinajstić information content (AvgIpc) is 3.42. The van der Waals surface area contributed by atoms with Gasteiger partial charge in [-0.05, 0) is 49.6 Å². The molecule has 1 amide bonds. The van der Waals surface area contributed by atoms with E-state index < -0.39 is 21.4 Å². The number of hydrogen-bond acceptors (Lipinski definition) is 6. The van der Waals surface area contributed by atoms with E-state index in [-0.39, 0.29) is 23.9 Å². The molecule has 0 radical (unpaired) electrons. The summed E-state index contributed by atoms with van der Waals surface area (Å²) in [7, 11) is -3.70. The van der Waals surface area contributed by atoms with Gasteiger partial charge in [0.2, 0.25) is 10.0 Å². The number of sulfonamides is 1. The molecule has 0 atom stereocenters. The number of aromatic nitrogens is 2. The zero-order chi connectivity index (χ0) is 21.9.